The summed E-state index contributed by atoms with van der Waals surface area (Å²) in [6.45, 7) is 0. The molecule has 3 rings (SSSR count). The Morgan fingerprint density at radius 1 is 1.27 bits per heavy atom. The van der Waals surface area contributed by atoms with Crippen molar-refractivity contribution in [1.82, 2.24) is 4.98 Å². The maximum atomic E-state index is 11.4. The van der Waals surface area contributed by atoms with Crippen molar-refractivity contribution in [3.8, 4) is 0 Å². The minimum Gasteiger partial charge on any atom is -0.465 e. The van der Waals surface area contributed by atoms with E-state index in [4.69, 9.17) is 11.6 Å². The van der Waals surface area contributed by atoms with Gasteiger partial charge in [0.1, 0.15) is 0 Å². The second-order valence-corrected chi connectivity index (χ2v) is 7.26. The summed E-state index contributed by atoms with van der Waals surface area (Å²) in [5, 5.41) is 0.702. The largest absolute Gasteiger partial charge is 0.465 e. The van der Waals surface area contributed by atoms with E-state index in [1.807, 2.05) is 30.3 Å². The quantitative estimate of drug-likeness (QED) is 0.489. The third-order valence-electron chi connectivity index (χ3n) is 3.07. The van der Waals surface area contributed by atoms with Crippen LogP contribution < -0.4 is 0 Å². The number of carbonyl (C=O) groups excluding carboxylic acids is 1. The monoisotopic (exact) mass is 349 g/mol. The summed E-state index contributed by atoms with van der Waals surface area (Å²) in [6.07, 6.45) is 0. The minimum absolute atomic E-state index is 0.317. The molecule has 0 saturated carbocycles. The summed E-state index contributed by atoms with van der Waals surface area (Å²) in [5.74, 6) is 0.483. The Bertz CT molecular complexity index is 815. The van der Waals surface area contributed by atoms with Crippen molar-refractivity contribution in [2.75, 3.05) is 7.11 Å². The van der Waals surface area contributed by atoms with E-state index in [2.05, 4.69) is 9.72 Å². The zero-order valence-electron chi connectivity index (χ0n) is 11.7. The fourth-order valence-electron chi connectivity index (χ4n) is 1.94. The fraction of sp³-hybridized carbons (Fsp3) is 0.125. The van der Waals surface area contributed by atoms with Crippen molar-refractivity contribution < 1.29 is 9.53 Å². The van der Waals surface area contributed by atoms with Crippen molar-refractivity contribution in [3.63, 3.8) is 0 Å². The number of esters is 1. The Hall–Kier alpha value is -1.56. The van der Waals surface area contributed by atoms with Gasteiger partial charge in [0.25, 0.3) is 0 Å². The van der Waals surface area contributed by atoms with Gasteiger partial charge in [-0.25, -0.2) is 9.78 Å². The molecular formula is C16H12ClNO2S2. The number of aromatic nitrogens is 1. The predicted octanol–water partition coefficient (Wildman–Crippen LogP) is 5.03. The highest BCUT2D eigenvalue weighted by Gasteiger charge is 2.07. The first-order valence-corrected chi connectivity index (χ1v) is 8.70. The summed E-state index contributed by atoms with van der Waals surface area (Å²) >= 11 is 9.30. The topological polar surface area (TPSA) is 39.2 Å². The van der Waals surface area contributed by atoms with E-state index in [9.17, 15) is 4.79 Å². The van der Waals surface area contributed by atoms with Gasteiger partial charge in [0.05, 0.1) is 22.9 Å². The average molecular weight is 350 g/mol. The molecule has 0 spiro atoms. The average Bonchev–Trinajstić information content (AvgIpc) is 2.94. The Labute approximate surface area is 141 Å². The third-order valence-corrected chi connectivity index (χ3v) is 5.55. The van der Waals surface area contributed by atoms with Gasteiger partial charge in [-0.1, -0.05) is 35.5 Å². The lowest BCUT2D eigenvalue weighted by Crippen LogP contribution is -2.00. The van der Waals surface area contributed by atoms with Gasteiger partial charge >= 0.3 is 5.97 Å². The Morgan fingerprint density at radius 3 is 2.77 bits per heavy atom. The van der Waals surface area contributed by atoms with Crippen LogP contribution in [0.25, 0.3) is 10.2 Å². The molecule has 0 saturated heterocycles. The van der Waals surface area contributed by atoms with E-state index in [0.717, 1.165) is 25.9 Å². The maximum Gasteiger partial charge on any atom is 0.337 e. The summed E-state index contributed by atoms with van der Waals surface area (Å²) in [4.78, 5) is 16.0. The van der Waals surface area contributed by atoms with Crippen LogP contribution in [0.5, 0.6) is 0 Å². The molecule has 6 heteroatoms. The molecule has 1 aromatic heterocycles. The molecule has 0 bridgehead atoms. The number of hydrogen-bond acceptors (Lipinski definition) is 5. The van der Waals surface area contributed by atoms with Crippen LogP contribution in [0.3, 0.4) is 0 Å². The van der Waals surface area contributed by atoms with E-state index >= 15 is 0 Å². The molecular weight excluding hydrogens is 338 g/mol. The summed E-state index contributed by atoms with van der Waals surface area (Å²) in [5.41, 5.74) is 2.63. The van der Waals surface area contributed by atoms with Crippen LogP contribution in [0.4, 0.5) is 0 Å². The molecule has 0 radical (unpaired) electrons. The highest BCUT2D eigenvalue weighted by atomic mass is 35.5. The summed E-state index contributed by atoms with van der Waals surface area (Å²) < 4.78 is 6.83. The number of carbonyl (C=O) groups is 1. The smallest absolute Gasteiger partial charge is 0.337 e. The molecule has 0 atom stereocenters. The van der Waals surface area contributed by atoms with Gasteiger partial charge in [-0.2, -0.15) is 0 Å². The van der Waals surface area contributed by atoms with Crippen molar-refractivity contribution in [2.45, 2.75) is 10.1 Å². The SMILES string of the molecule is COC(=O)c1ccc(CSc2nc3cc(Cl)ccc3s2)cc1. The predicted molar refractivity (Wildman–Crippen MR) is 92.0 cm³/mol. The highest BCUT2D eigenvalue weighted by Crippen LogP contribution is 2.32. The van der Waals surface area contributed by atoms with Gasteiger partial charge in [-0.15, -0.1) is 11.3 Å². The van der Waals surface area contributed by atoms with Gasteiger partial charge in [0.2, 0.25) is 0 Å². The number of thioether (sulfide) groups is 1. The Kier molecular flexibility index (Phi) is 4.66. The third kappa shape index (κ3) is 3.43. The van der Waals surface area contributed by atoms with Crippen LogP contribution >= 0.6 is 34.7 Å². The first-order chi connectivity index (χ1) is 10.7. The molecule has 3 nitrogen and oxygen atoms in total. The number of methoxy groups -OCH3 is 1. The molecule has 0 fully saturated rings. The molecule has 0 aliphatic heterocycles. The van der Waals surface area contributed by atoms with Crippen LogP contribution in [0.1, 0.15) is 15.9 Å². The number of thiazole rings is 1. The second-order valence-electron chi connectivity index (χ2n) is 4.57. The zero-order valence-corrected chi connectivity index (χ0v) is 14.1. The Morgan fingerprint density at radius 2 is 2.05 bits per heavy atom. The van der Waals surface area contributed by atoms with Crippen molar-refractivity contribution >= 4 is 50.9 Å². The van der Waals surface area contributed by atoms with Crippen LogP contribution in [0.15, 0.2) is 46.8 Å². The standard InChI is InChI=1S/C16H12ClNO2S2/c1-20-15(19)11-4-2-10(3-5-11)9-21-16-18-13-8-12(17)6-7-14(13)22-16/h2-8H,9H2,1H3. The van der Waals surface area contributed by atoms with Gasteiger partial charge in [0, 0.05) is 10.8 Å². The van der Waals surface area contributed by atoms with E-state index < -0.39 is 0 Å². The highest BCUT2D eigenvalue weighted by molar-refractivity contribution is 8.00. The Balaban J connectivity index is 1.69. The van der Waals surface area contributed by atoms with Crippen molar-refractivity contribution in [2.24, 2.45) is 0 Å². The zero-order chi connectivity index (χ0) is 15.5. The molecule has 0 aliphatic rings. The lowest BCUT2D eigenvalue weighted by molar-refractivity contribution is 0.0600. The van der Waals surface area contributed by atoms with Gasteiger partial charge in [0.15, 0.2) is 4.34 Å². The fourth-order valence-corrected chi connectivity index (χ4v) is 4.11. The summed E-state index contributed by atoms with van der Waals surface area (Å²) in [6, 6.07) is 13.2. The normalized spacial score (nSPS) is 10.8. The van der Waals surface area contributed by atoms with E-state index in [1.54, 1.807) is 35.2 Å². The lowest BCUT2D eigenvalue weighted by Gasteiger charge is -2.01. The lowest BCUT2D eigenvalue weighted by atomic mass is 10.1. The number of ether oxygens (including phenoxy) is 1. The molecule has 112 valence electrons. The number of nitrogens with zero attached hydrogens (tertiary/aromatic N) is 1. The number of rotatable bonds is 4. The molecule has 0 aliphatic carbocycles. The molecule has 3 aromatic rings. The molecule has 1 heterocycles. The van der Waals surface area contributed by atoms with E-state index in [-0.39, 0.29) is 5.97 Å². The van der Waals surface area contributed by atoms with Crippen LogP contribution in [0.2, 0.25) is 5.02 Å². The second kappa shape index (κ2) is 6.69. The van der Waals surface area contributed by atoms with Crippen molar-refractivity contribution in [1.29, 1.82) is 0 Å². The molecule has 22 heavy (non-hydrogen) atoms. The van der Waals surface area contributed by atoms with E-state index in [0.29, 0.717) is 10.6 Å². The minimum atomic E-state index is -0.317. The number of fused-ring (bicyclic) bond motifs is 1. The van der Waals surface area contributed by atoms with Gasteiger partial charge in [-0.05, 0) is 35.9 Å². The number of benzene rings is 2. The van der Waals surface area contributed by atoms with E-state index in [1.165, 1.54) is 7.11 Å². The van der Waals surface area contributed by atoms with Gasteiger partial charge in [-0.3, -0.25) is 0 Å². The van der Waals surface area contributed by atoms with Gasteiger partial charge < -0.3 is 4.74 Å². The molecule has 0 unspecified atom stereocenters. The summed E-state index contributed by atoms with van der Waals surface area (Å²) in [7, 11) is 1.38. The molecule has 2 aromatic carbocycles. The number of hydrogen-bond donors (Lipinski definition) is 0. The van der Waals surface area contributed by atoms with Crippen LogP contribution in [0, 0.1) is 0 Å². The maximum absolute atomic E-state index is 11.4. The first kappa shape index (κ1) is 15.3. The van der Waals surface area contributed by atoms with Crippen LogP contribution in [-0.4, -0.2) is 18.1 Å². The first-order valence-electron chi connectivity index (χ1n) is 6.52. The molecule has 0 amide bonds. The molecule has 0 N–H and O–H groups in total. The van der Waals surface area contributed by atoms with Crippen molar-refractivity contribution in [3.05, 3.63) is 58.6 Å². The number of halogens is 1. The van der Waals surface area contributed by atoms with Crippen LogP contribution in [-0.2, 0) is 10.5 Å².